The van der Waals surface area contributed by atoms with Crippen LogP contribution in [-0.4, -0.2) is 24.5 Å². The number of hydrogen-bond acceptors (Lipinski definition) is 2. The van der Waals surface area contributed by atoms with Gasteiger partial charge in [0.1, 0.15) is 0 Å². The molecule has 0 aromatic carbocycles. The zero-order chi connectivity index (χ0) is 11.4. The van der Waals surface area contributed by atoms with Crippen molar-refractivity contribution in [3.63, 3.8) is 0 Å². The van der Waals surface area contributed by atoms with Gasteiger partial charge < -0.3 is 10.6 Å². The smallest absolute Gasteiger partial charge is 0.234 e. The van der Waals surface area contributed by atoms with Crippen molar-refractivity contribution in [3.8, 4) is 0 Å². The minimum absolute atomic E-state index is 0.192. The number of hydrogen-bond donors (Lipinski definition) is 2. The zero-order valence-electron chi connectivity index (χ0n) is 10.3. The number of carbonyl (C=O) groups excluding carboxylic acids is 1. The van der Waals surface area contributed by atoms with Crippen LogP contribution in [0.2, 0.25) is 0 Å². The zero-order valence-corrected chi connectivity index (χ0v) is 10.3. The molecule has 0 radical (unpaired) electrons. The predicted octanol–water partition coefficient (Wildman–Crippen LogP) is 1.82. The van der Waals surface area contributed by atoms with Crippen LogP contribution in [0.1, 0.15) is 51.9 Å². The fourth-order valence-corrected chi connectivity index (χ4v) is 2.67. The highest BCUT2D eigenvalue weighted by Gasteiger charge is 2.26. The molecule has 0 bridgehead atoms. The van der Waals surface area contributed by atoms with E-state index < -0.39 is 0 Å². The Kier molecular flexibility index (Phi) is 4.22. The topological polar surface area (TPSA) is 41.1 Å². The fraction of sp³-hybridized carbons (Fsp3) is 0.923. The standard InChI is InChI=1S/C13H24N2O/c1-2-10-5-3-4-6-12(10)15-13(16)9-14-11-7-8-11/h10-12,14H,2-9H2,1H3,(H,15,16). The van der Waals surface area contributed by atoms with Gasteiger partial charge in [0.2, 0.25) is 5.91 Å². The highest BCUT2D eigenvalue weighted by atomic mass is 16.2. The molecule has 0 aromatic heterocycles. The van der Waals surface area contributed by atoms with Gasteiger partial charge in [-0.1, -0.05) is 26.2 Å². The average Bonchev–Trinajstić information content (AvgIpc) is 3.11. The Morgan fingerprint density at radius 2 is 1.94 bits per heavy atom. The highest BCUT2D eigenvalue weighted by molar-refractivity contribution is 5.78. The maximum absolute atomic E-state index is 11.7. The summed E-state index contributed by atoms with van der Waals surface area (Å²) in [6.45, 7) is 2.75. The van der Waals surface area contributed by atoms with Crippen molar-refractivity contribution < 1.29 is 4.79 Å². The average molecular weight is 224 g/mol. The molecule has 2 unspecified atom stereocenters. The molecule has 3 heteroatoms. The van der Waals surface area contributed by atoms with E-state index in [-0.39, 0.29) is 5.91 Å². The minimum Gasteiger partial charge on any atom is -0.352 e. The summed E-state index contributed by atoms with van der Waals surface area (Å²) >= 11 is 0. The molecule has 16 heavy (non-hydrogen) atoms. The summed E-state index contributed by atoms with van der Waals surface area (Å²) in [5.74, 6) is 0.899. The van der Waals surface area contributed by atoms with E-state index in [0.29, 0.717) is 24.5 Å². The molecule has 2 fully saturated rings. The van der Waals surface area contributed by atoms with Gasteiger partial charge in [-0.25, -0.2) is 0 Å². The first-order chi connectivity index (χ1) is 7.79. The quantitative estimate of drug-likeness (QED) is 0.748. The van der Waals surface area contributed by atoms with Crippen molar-refractivity contribution in [2.24, 2.45) is 5.92 Å². The first kappa shape index (κ1) is 11.9. The largest absolute Gasteiger partial charge is 0.352 e. The van der Waals surface area contributed by atoms with Gasteiger partial charge in [-0.05, 0) is 31.6 Å². The molecule has 2 atom stereocenters. The normalized spacial score (nSPS) is 30.1. The lowest BCUT2D eigenvalue weighted by molar-refractivity contribution is -0.121. The van der Waals surface area contributed by atoms with Gasteiger partial charge in [0, 0.05) is 12.1 Å². The molecule has 1 amide bonds. The molecule has 0 saturated heterocycles. The Hall–Kier alpha value is -0.570. The Balaban J connectivity index is 1.70. The summed E-state index contributed by atoms with van der Waals surface area (Å²) in [7, 11) is 0. The third-order valence-electron chi connectivity index (χ3n) is 3.91. The van der Waals surface area contributed by atoms with Crippen molar-refractivity contribution in [1.82, 2.24) is 10.6 Å². The molecular formula is C13H24N2O. The summed E-state index contributed by atoms with van der Waals surface area (Å²) in [4.78, 5) is 11.7. The minimum atomic E-state index is 0.192. The second-order valence-corrected chi connectivity index (χ2v) is 5.28. The monoisotopic (exact) mass is 224 g/mol. The van der Waals surface area contributed by atoms with Crippen molar-refractivity contribution in [3.05, 3.63) is 0 Å². The highest BCUT2D eigenvalue weighted by Crippen LogP contribution is 2.26. The molecule has 0 aromatic rings. The van der Waals surface area contributed by atoms with E-state index in [1.807, 2.05) is 0 Å². The molecule has 0 heterocycles. The lowest BCUT2D eigenvalue weighted by atomic mass is 9.83. The van der Waals surface area contributed by atoms with E-state index in [4.69, 9.17) is 0 Å². The van der Waals surface area contributed by atoms with E-state index in [2.05, 4.69) is 17.6 Å². The van der Waals surface area contributed by atoms with E-state index in [1.54, 1.807) is 0 Å². The van der Waals surface area contributed by atoms with Crippen LogP contribution in [0, 0.1) is 5.92 Å². The second kappa shape index (κ2) is 5.67. The number of carbonyl (C=O) groups is 1. The molecule has 0 spiro atoms. The Bertz CT molecular complexity index is 238. The van der Waals surface area contributed by atoms with Crippen molar-refractivity contribution in [2.45, 2.75) is 64.0 Å². The molecule has 3 nitrogen and oxygen atoms in total. The van der Waals surface area contributed by atoms with Gasteiger partial charge in [0.25, 0.3) is 0 Å². The summed E-state index contributed by atoms with van der Waals surface area (Å²) in [6, 6.07) is 1.06. The van der Waals surface area contributed by atoms with Gasteiger partial charge in [-0.3, -0.25) is 4.79 Å². The van der Waals surface area contributed by atoms with Crippen molar-refractivity contribution >= 4 is 5.91 Å². The lowest BCUT2D eigenvalue weighted by Gasteiger charge is -2.31. The number of nitrogens with one attached hydrogen (secondary N) is 2. The summed E-state index contributed by atoms with van der Waals surface area (Å²) in [6.07, 6.45) is 8.76. The number of rotatable bonds is 5. The van der Waals surface area contributed by atoms with Crippen LogP contribution >= 0.6 is 0 Å². The first-order valence-corrected chi connectivity index (χ1v) is 6.82. The van der Waals surface area contributed by atoms with E-state index >= 15 is 0 Å². The Labute approximate surface area is 98.4 Å². The van der Waals surface area contributed by atoms with Crippen LogP contribution in [0.5, 0.6) is 0 Å². The Morgan fingerprint density at radius 1 is 1.19 bits per heavy atom. The van der Waals surface area contributed by atoms with Crippen LogP contribution in [0.4, 0.5) is 0 Å². The maximum Gasteiger partial charge on any atom is 0.234 e. The molecule has 0 aliphatic heterocycles. The molecule has 2 rings (SSSR count). The van der Waals surface area contributed by atoms with Crippen LogP contribution < -0.4 is 10.6 Å². The summed E-state index contributed by atoms with van der Waals surface area (Å²) < 4.78 is 0. The van der Waals surface area contributed by atoms with E-state index in [1.165, 1.54) is 44.9 Å². The van der Waals surface area contributed by atoms with Gasteiger partial charge in [0.05, 0.1) is 6.54 Å². The lowest BCUT2D eigenvalue weighted by Crippen LogP contribution is -2.45. The van der Waals surface area contributed by atoms with Crippen LogP contribution in [0.15, 0.2) is 0 Å². The predicted molar refractivity (Wildman–Crippen MR) is 65.2 cm³/mol. The summed E-state index contributed by atoms with van der Waals surface area (Å²) in [5.41, 5.74) is 0. The molecule has 2 aliphatic carbocycles. The van der Waals surface area contributed by atoms with Crippen molar-refractivity contribution in [2.75, 3.05) is 6.54 Å². The van der Waals surface area contributed by atoms with Gasteiger partial charge in [-0.2, -0.15) is 0 Å². The molecular weight excluding hydrogens is 200 g/mol. The third-order valence-corrected chi connectivity index (χ3v) is 3.91. The first-order valence-electron chi connectivity index (χ1n) is 6.82. The number of amides is 1. The van der Waals surface area contributed by atoms with Crippen LogP contribution in [-0.2, 0) is 4.79 Å². The molecule has 92 valence electrons. The van der Waals surface area contributed by atoms with Crippen molar-refractivity contribution in [1.29, 1.82) is 0 Å². The van der Waals surface area contributed by atoms with Gasteiger partial charge >= 0.3 is 0 Å². The molecule has 2 aliphatic rings. The van der Waals surface area contributed by atoms with Gasteiger partial charge in [0.15, 0.2) is 0 Å². The molecule has 2 N–H and O–H groups in total. The third kappa shape index (κ3) is 3.48. The maximum atomic E-state index is 11.7. The van der Waals surface area contributed by atoms with Gasteiger partial charge in [-0.15, -0.1) is 0 Å². The van der Waals surface area contributed by atoms with E-state index in [0.717, 1.165) is 0 Å². The SMILES string of the molecule is CCC1CCCCC1NC(=O)CNC1CC1. The van der Waals surface area contributed by atoms with E-state index in [9.17, 15) is 4.79 Å². The Morgan fingerprint density at radius 3 is 2.62 bits per heavy atom. The summed E-state index contributed by atoms with van der Waals surface area (Å²) in [5, 5.41) is 6.47. The fourth-order valence-electron chi connectivity index (χ4n) is 2.67. The molecule has 2 saturated carbocycles. The second-order valence-electron chi connectivity index (χ2n) is 5.28. The van der Waals surface area contributed by atoms with Crippen LogP contribution in [0.25, 0.3) is 0 Å². The van der Waals surface area contributed by atoms with Crippen LogP contribution in [0.3, 0.4) is 0 Å².